The van der Waals surface area contributed by atoms with Crippen LogP contribution in [0.25, 0.3) is 10.4 Å². The van der Waals surface area contributed by atoms with Crippen molar-refractivity contribution in [2.45, 2.75) is 26.3 Å². The summed E-state index contributed by atoms with van der Waals surface area (Å²) in [5.41, 5.74) is 2.81. The highest BCUT2D eigenvalue weighted by Crippen LogP contribution is 2.50. The number of aromatic nitrogens is 1. The van der Waals surface area contributed by atoms with Crippen LogP contribution in [0.1, 0.15) is 37.8 Å². The Hall–Kier alpha value is -2.77. The van der Waals surface area contributed by atoms with Gasteiger partial charge in [0.2, 0.25) is 0 Å². The zero-order valence-electron chi connectivity index (χ0n) is 18.3. The lowest BCUT2D eigenvalue weighted by Crippen LogP contribution is -2.45. The molecule has 5 nitrogen and oxygen atoms in total. The minimum absolute atomic E-state index is 0.0666. The van der Waals surface area contributed by atoms with Gasteiger partial charge in [-0.25, -0.2) is 9.37 Å². The van der Waals surface area contributed by atoms with E-state index in [0.717, 1.165) is 33.5 Å². The van der Waals surface area contributed by atoms with Crippen molar-refractivity contribution in [3.63, 3.8) is 0 Å². The standard InChI is InChI=1S/C25H23ClFN3O2S/c1-13-4-3-5-15(8-13)23-22(29-14(2)33-23)25(32)30-12-16-9-19(16)21(30)11-28-24(31)18-7-6-17(27)10-20(18)26/h3-8,10,16,19,21H,9,11-12H2,1-2H3,(H,28,31)/t16-,19-,21+/m0/s1. The predicted octanol–water partition coefficient (Wildman–Crippen LogP) is 5.11. The summed E-state index contributed by atoms with van der Waals surface area (Å²) in [6.07, 6.45) is 1.06. The van der Waals surface area contributed by atoms with E-state index in [1.807, 2.05) is 36.9 Å². The molecule has 2 fully saturated rings. The molecule has 2 aromatic carbocycles. The Morgan fingerprint density at radius 3 is 2.82 bits per heavy atom. The maximum Gasteiger partial charge on any atom is 0.274 e. The molecule has 0 unspecified atom stereocenters. The van der Waals surface area contributed by atoms with Crippen LogP contribution in [0.2, 0.25) is 5.02 Å². The van der Waals surface area contributed by atoms with E-state index in [0.29, 0.717) is 30.6 Å². The Kier molecular flexibility index (Phi) is 5.70. The van der Waals surface area contributed by atoms with E-state index in [1.165, 1.54) is 23.5 Å². The molecule has 1 N–H and O–H groups in total. The number of amides is 2. The molecule has 0 spiro atoms. The molecule has 2 heterocycles. The van der Waals surface area contributed by atoms with Gasteiger partial charge in [0.15, 0.2) is 0 Å². The second-order valence-corrected chi connectivity index (χ2v) is 10.4. The van der Waals surface area contributed by atoms with Crippen LogP contribution in [-0.4, -0.2) is 40.8 Å². The van der Waals surface area contributed by atoms with Crippen molar-refractivity contribution in [2.75, 3.05) is 13.1 Å². The lowest BCUT2D eigenvalue weighted by atomic mass is 10.1. The molecule has 2 aliphatic rings. The second-order valence-electron chi connectivity index (χ2n) is 8.80. The fourth-order valence-electron chi connectivity index (χ4n) is 4.72. The highest BCUT2D eigenvalue weighted by Gasteiger charge is 2.54. The van der Waals surface area contributed by atoms with Gasteiger partial charge in [0.1, 0.15) is 11.5 Å². The van der Waals surface area contributed by atoms with Gasteiger partial charge in [-0.1, -0.05) is 41.4 Å². The van der Waals surface area contributed by atoms with E-state index in [2.05, 4.69) is 16.4 Å². The maximum atomic E-state index is 13.6. The van der Waals surface area contributed by atoms with Gasteiger partial charge in [0.25, 0.3) is 11.8 Å². The summed E-state index contributed by atoms with van der Waals surface area (Å²) in [4.78, 5) is 33.6. The quantitative estimate of drug-likeness (QED) is 0.548. The van der Waals surface area contributed by atoms with Crippen LogP contribution >= 0.6 is 22.9 Å². The van der Waals surface area contributed by atoms with Crippen molar-refractivity contribution in [3.05, 3.63) is 75.1 Å². The van der Waals surface area contributed by atoms with E-state index >= 15 is 0 Å². The number of fused-ring (bicyclic) bond motifs is 1. The van der Waals surface area contributed by atoms with Crippen LogP contribution < -0.4 is 5.32 Å². The minimum Gasteiger partial charge on any atom is -0.350 e. The fourth-order valence-corrected chi connectivity index (χ4v) is 5.88. The number of aryl methyl sites for hydroxylation is 2. The van der Waals surface area contributed by atoms with E-state index < -0.39 is 5.82 Å². The number of hydrogen-bond donors (Lipinski definition) is 1. The van der Waals surface area contributed by atoms with E-state index in [4.69, 9.17) is 11.6 Å². The van der Waals surface area contributed by atoms with Gasteiger partial charge < -0.3 is 10.2 Å². The Balaban J connectivity index is 1.35. The van der Waals surface area contributed by atoms with Crippen molar-refractivity contribution >= 4 is 34.8 Å². The van der Waals surface area contributed by atoms with E-state index in [9.17, 15) is 14.0 Å². The third-order valence-corrected chi connectivity index (χ3v) is 7.76. The van der Waals surface area contributed by atoms with Crippen molar-refractivity contribution in [1.29, 1.82) is 0 Å². The molecule has 3 atom stereocenters. The summed E-state index contributed by atoms with van der Waals surface area (Å²) in [6, 6.07) is 11.7. The second kappa shape index (κ2) is 8.54. The first kappa shape index (κ1) is 22.0. The number of hydrogen-bond acceptors (Lipinski definition) is 4. The fraction of sp³-hybridized carbons (Fsp3) is 0.320. The monoisotopic (exact) mass is 483 g/mol. The summed E-state index contributed by atoms with van der Waals surface area (Å²) >= 11 is 7.55. The normalized spacial score (nSPS) is 21.1. The number of benzene rings is 2. The van der Waals surface area contributed by atoms with Crippen molar-refractivity contribution in [2.24, 2.45) is 11.8 Å². The Labute approximate surface area is 200 Å². The van der Waals surface area contributed by atoms with E-state index in [1.54, 1.807) is 0 Å². The molecule has 1 saturated heterocycles. The Morgan fingerprint density at radius 1 is 1.24 bits per heavy atom. The zero-order chi connectivity index (χ0) is 23.3. The number of rotatable bonds is 5. The van der Waals surface area contributed by atoms with Gasteiger partial charge in [-0.15, -0.1) is 11.3 Å². The number of thiazole rings is 1. The Bertz CT molecular complexity index is 1260. The molecular weight excluding hydrogens is 461 g/mol. The minimum atomic E-state index is -0.493. The largest absolute Gasteiger partial charge is 0.350 e. The van der Waals surface area contributed by atoms with Gasteiger partial charge in [0.05, 0.1) is 26.5 Å². The third kappa shape index (κ3) is 4.27. The summed E-state index contributed by atoms with van der Waals surface area (Å²) in [7, 11) is 0. The highest BCUT2D eigenvalue weighted by molar-refractivity contribution is 7.15. The number of carbonyl (C=O) groups is 2. The molecule has 1 aliphatic heterocycles. The summed E-state index contributed by atoms with van der Waals surface area (Å²) in [5, 5.41) is 3.81. The van der Waals surface area contributed by atoms with Crippen LogP contribution in [0.4, 0.5) is 4.39 Å². The van der Waals surface area contributed by atoms with Gasteiger partial charge in [-0.3, -0.25) is 9.59 Å². The molecule has 0 bridgehead atoms. The molecule has 1 aromatic heterocycles. The number of piperidine rings is 1. The lowest BCUT2D eigenvalue weighted by molar-refractivity contribution is 0.0690. The summed E-state index contributed by atoms with van der Waals surface area (Å²) < 4.78 is 13.3. The first-order valence-corrected chi connectivity index (χ1v) is 12.1. The molecule has 0 radical (unpaired) electrons. The zero-order valence-corrected chi connectivity index (χ0v) is 19.8. The first-order valence-electron chi connectivity index (χ1n) is 10.9. The van der Waals surface area contributed by atoms with Crippen molar-refractivity contribution in [1.82, 2.24) is 15.2 Å². The van der Waals surface area contributed by atoms with Gasteiger partial charge in [0, 0.05) is 13.1 Å². The number of carbonyl (C=O) groups excluding carboxylic acids is 2. The number of nitrogens with one attached hydrogen (secondary N) is 1. The van der Waals surface area contributed by atoms with Crippen LogP contribution in [0.5, 0.6) is 0 Å². The Morgan fingerprint density at radius 2 is 2.06 bits per heavy atom. The summed E-state index contributed by atoms with van der Waals surface area (Å²) in [5.74, 6) is -0.121. The topological polar surface area (TPSA) is 62.3 Å². The molecule has 1 aliphatic carbocycles. The molecule has 170 valence electrons. The summed E-state index contributed by atoms with van der Waals surface area (Å²) in [6.45, 7) is 4.93. The van der Waals surface area contributed by atoms with Gasteiger partial charge in [-0.2, -0.15) is 0 Å². The third-order valence-electron chi connectivity index (χ3n) is 6.43. The smallest absolute Gasteiger partial charge is 0.274 e. The maximum absolute atomic E-state index is 13.6. The molecule has 2 amide bonds. The van der Waals surface area contributed by atoms with Gasteiger partial charge in [-0.05, 0) is 55.9 Å². The first-order chi connectivity index (χ1) is 15.8. The van der Waals surface area contributed by atoms with Crippen LogP contribution in [0.15, 0.2) is 42.5 Å². The molecule has 8 heteroatoms. The predicted molar refractivity (Wildman–Crippen MR) is 127 cm³/mol. The molecule has 3 aromatic rings. The van der Waals surface area contributed by atoms with Crippen LogP contribution in [0, 0.1) is 31.5 Å². The number of likely N-dealkylation sites (tertiary alicyclic amines) is 1. The van der Waals surface area contributed by atoms with Crippen LogP contribution in [0.3, 0.4) is 0 Å². The number of halogens is 2. The molecule has 1 saturated carbocycles. The molecular formula is C25H23ClFN3O2S. The van der Waals surface area contributed by atoms with Crippen molar-refractivity contribution in [3.8, 4) is 10.4 Å². The van der Waals surface area contributed by atoms with Crippen LogP contribution in [-0.2, 0) is 0 Å². The van der Waals surface area contributed by atoms with Gasteiger partial charge >= 0.3 is 0 Å². The average Bonchev–Trinajstić information content (AvgIpc) is 3.28. The van der Waals surface area contributed by atoms with Crippen molar-refractivity contribution < 1.29 is 14.0 Å². The molecule has 33 heavy (non-hydrogen) atoms. The number of nitrogens with zero attached hydrogens (tertiary/aromatic N) is 2. The highest BCUT2D eigenvalue weighted by atomic mass is 35.5. The lowest BCUT2D eigenvalue weighted by Gasteiger charge is -2.27. The average molecular weight is 484 g/mol. The SMILES string of the molecule is Cc1cccc(-c2sc(C)nc2C(=O)N2C[C@@H]3C[C@@H]3[C@H]2CNC(=O)c2ccc(F)cc2Cl)c1. The van der Waals surface area contributed by atoms with E-state index in [-0.39, 0.29) is 28.4 Å². The molecule has 5 rings (SSSR count).